The van der Waals surface area contributed by atoms with Gasteiger partial charge in [-0.15, -0.1) is 0 Å². The van der Waals surface area contributed by atoms with Gasteiger partial charge in [-0.3, -0.25) is 9.59 Å². The molecule has 0 unspecified atom stereocenters. The molecule has 1 heterocycles. The highest BCUT2D eigenvalue weighted by molar-refractivity contribution is 7.16. The minimum Gasteiger partial charge on any atom is -0.497 e. The second kappa shape index (κ2) is 9.87. The van der Waals surface area contributed by atoms with Crippen LogP contribution < -0.4 is 9.54 Å². The van der Waals surface area contributed by atoms with Crippen LogP contribution in [0.4, 0.5) is 0 Å². The van der Waals surface area contributed by atoms with Gasteiger partial charge in [-0.2, -0.15) is 4.99 Å². The first-order valence-corrected chi connectivity index (χ1v) is 10.8. The summed E-state index contributed by atoms with van der Waals surface area (Å²) in [5.74, 6) is 0.911. The van der Waals surface area contributed by atoms with E-state index >= 15 is 0 Å². The summed E-state index contributed by atoms with van der Waals surface area (Å²) >= 11 is 1.39. The topological polar surface area (TPSA) is 69.9 Å². The summed E-state index contributed by atoms with van der Waals surface area (Å²) in [7, 11) is 1.61. The summed E-state index contributed by atoms with van der Waals surface area (Å²) in [4.78, 5) is 29.4. The second-order valence-corrected chi connectivity index (χ2v) is 8.17. The summed E-state index contributed by atoms with van der Waals surface area (Å²) in [5.41, 5.74) is 0.845. The first-order chi connectivity index (χ1) is 13.6. The summed E-state index contributed by atoms with van der Waals surface area (Å²) < 4.78 is 13.1. The van der Waals surface area contributed by atoms with Gasteiger partial charge in [0.2, 0.25) is 5.91 Å². The Balaban J connectivity index is 1.85. The van der Waals surface area contributed by atoms with Crippen molar-refractivity contribution in [3.63, 3.8) is 0 Å². The lowest BCUT2D eigenvalue weighted by Gasteiger charge is -2.20. The van der Waals surface area contributed by atoms with Crippen molar-refractivity contribution in [1.29, 1.82) is 0 Å². The minimum atomic E-state index is -0.339. The number of thiazole rings is 1. The number of esters is 1. The largest absolute Gasteiger partial charge is 0.497 e. The van der Waals surface area contributed by atoms with Crippen molar-refractivity contribution in [1.82, 2.24) is 4.57 Å². The number of ether oxygens (including phenoxy) is 2. The zero-order valence-corrected chi connectivity index (χ0v) is 17.4. The van der Waals surface area contributed by atoms with Gasteiger partial charge in [0.25, 0.3) is 0 Å². The van der Waals surface area contributed by atoms with Crippen LogP contribution in [0.15, 0.2) is 23.2 Å². The Kier molecular flexibility index (Phi) is 7.25. The van der Waals surface area contributed by atoms with E-state index in [-0.39, 0.29) is 18.4 Å². The molecule has 1 fully saturated rings. The first kappa shape index (κ1) is 20.6. The Labute approximate surface area is 169 Å². The highest BCUT2D eigenvalue weighted by atomic mass is 32.1. The highest BCUT2D eigenvalue weighted by Gasteiger charge is 2.16. The van der Waals surface area contributed by atoms with Crippen LogP contribution in [0.2, 0.25) is 0 Å². The molecular weight excluding hydrogens is 376 g/mol. The Morgan fingerprint density at radius 2 is 2.04 bits per heavy atom. The molecule has 28 heavy (non-hydrogen) atoms. The summed E-state index contributed by atoms with van der Waals surface area (Å²) in [6, 6.07) is 5.62. The standard InChI is InChI=1S/C21H28N2O4S/c1-3-27-20(25)14-23-17-11-10-16(26-2)13-18(17)28-21(23)22-19(24)12-9-15-7-5-4-6-8-15/h10-11,13,15H,3-9,12,14H2,1-2H3. The van der Waals surface area contributed by atoms with Crippen molar-refractivity contribution in [3.8, 4) is 5.75 Å². The van der Waals surface area contributed by atoms with Crippen LogP contribution in [-0.4, -0.2) is 30.2 Å². The fourth-order valence-electron chi connectivity index (χ4n) is 3.72. The predicted molar refractivity (Wildman–Crippen MR) is 109 cm³/mol. The van der Waals surface area contributed by atoms with E-state index in [2.05, 4.69) is 4.99 Å². The Morgan fingerprint density at radius 3 is 2.75 bits per heavy atom. The van der Waals surface area contributed by atoms with Gasteiger partial charge < -0.3 is 14.0 Å². The number of rotatable bonds is 7. The van der Waals surface area contributed by atoms with Crippen molar-refractivity contribution in [2.24, 2.45) is 10.9 Å². The quantitative estimate of drug-likeness (QED) is 0.653. The normalized spacial score (nSPS) is 15.7. The number of carbonyl (C=O) groups excluding carboxylic acids is 2. The van der Waals surface area contributed by atoms with Crippen LogP contribution in [-0.2, 0) is 20.9 Å². The molecule has 1 aliphatic rings. The van der Waals surface area contributed by atoms with Crippen LogP contribution in [0.5, 0.6) is 5.75 Å². The summed E-state index contributed by atoms with van der Waals surface area (Å²) in [5, 5.41) is 0. The number of aromatic nitrogens is 1. The van der Waals surface area contributed by atoms with Gasteiger partial charge in [-0.25, -0.2) is 0 Å². The molecule has 0 spiro atoms. The van der Waals surface area contributed by atoms with Gasteiger partial charge in [0.1, 0.15) is 12.3 Å². The molecule has 3 rings (SSSR count). The lowest BCUT2D eigenvalue weighted by molar-refractivity contribution is -0.143. The molecule has 1 aromatic carbocycles. The number of methoxy groups -OCH3 is 1. The SMILES string of the molecule is CCOC(=O)Cn1c(=NC(=O)CCC2CCCCC2)sc2cc(OC)ccc21. The third kappa shape index (κ3) is 5.22. The van der Waals surface area contributed by atoms with Crippen molar-refractivity contribution in [2.45, 2.75) is 58.4 Å². The van der Waals surface area contributed by atoms with Crippen molar-refractivity contribution in [3.05, 3.63) is 23.0 Å². The minimum absolute atomic E-state index is 0.0366. The smallest absolute Gasteiger partial charge is 0.326 e. The van der Waals surface area contributed by atoms with E-state index < -0.39 is 0 Å². The van der Waals surface area contributed by atoms with Crippen molar-refractivity contribution < 1.29 is 19.1 Å². The molecule has 6 nitrogen and oxygen atoms in total. The molecule has 0 N–H and O–H groups in total. The van der Waals surface area contributed by atoms with Gasteiger partial charge in [0.15, 0.2) is 4.80 Å². The van der Waals surface area contributed by atoms with Crippen LogP contribution in [0.1, 0.15) is 51.9 Å². The molecule has 0 aliphatic heterocycles. The van der Waals surface area contributed by atoms with E-state index in [0.29, 0.717) is 23.7 Å². The maximum Gasteiger partial charge on any atom is 0.326 e. The molecule has 0 saturated heterocycles. The zero-order valence-electron chi connectivity index (χ0n) is 16.6. The maximum absolute atomic E-state index is 12.5. The van der Waals surface area contributed by atoms with E-state index in [1.54, 1.807) is 18.6 Å². The molecule has 7 heteroatoms. The van der Waals surface area contributed by atoms with Crippen molar-refractivity contribution >= 4 is 33.4 Å². The lowest BCUT2D eigenvalue weighted by Crippen LogP contribution is -2.23. The average molecular weight is 405 g/mol. The van der Waals surface area contributed by atoms with Gasteiger partial charge in [-0.05, 0) is 37.5 Å². The van der Waals surface area contributed by atoms with Gasteiger partial charge >= 0.3 is 5.97 Å². The molecule has 1 aliphatic carbocycles. The molecule has 2 aromatic rings. The third-order valence-corrected chi connectivity index (χ3v) is 6.24. The van der Waals surface area contributed by atoms with Gasteiger partial charge in [0.05, 0.1) is 23.9 Å². The Bertz CT molecular complexity index is 893. The summed E-state index contributed by atoms with van der Waals surface area (Å²) in [6.45, 7) is 2.14. The van der Waals surface area contributed by atoms with Gasteiger partial charge in [0, 0.05) is 6.42 Å². The fraction of sp³-hybridized carbons (Fsp3) is 0.571. The molecule has 152 valence electrons. The summed E-state index contributed by atoms with van der Waals surface area (Å²) in [6.07, 6.45) is 7.66. The van der Waals surface area contributed by atoms with E-state index in [4.69, 9.17) is 9.47 Å². The van der Waals surface area contributed by atoms with Gasteiger partial charge in [-0.1, -0.05) is 43.4 Å². The molecule has 0 radical (unpaired) electrons. The van der Waals surface area contributed by atoms with Crippen molar-refractivity contribution in [2.75, 3.05) is 13.7 Å². The monoisotopic (exact) mass is 404 g/mol. The molecule has 1 saturated carbocycles. The lowest BCUT2D eigenvalue weighted by atomic mass is 9.86. The van der Waals surface area contributed by atoms with Crippen LogP contribution >= 0.6 is 11.3 Å². The van der Waals surface area contributed by atoms with E-state index in [1.807, 2.05) is 18.2 Å². The number of amides is 1. The van der Waals surface area contributed by atoms with Crippen LogP contribution in [0.25, 0.3) is 10.2 Å². The molecule has 1 aromatic heterocycles. The number of hydrogen-bond acceptors (Lipinski definition) is 5. The second-order valence-electron chi connectivity index (χ2n) is 7.16. The van der Waals surface area contributed by atoms with E-state index in [0.717, 1.165) is 22.4 Å². The number of fused-ring (bicyclic) bond motifs is 1. The number of carbonyl (C=O) groups is 2. The molecule has 1 amide bonds. The Morgan fingerprint density at radius 1 is 1.25 bits per heavy atom. The fourth-order valence-corrected chi connectivity index (χ4v) is 4.80. The Hall–Kier alpha value is -2.15. The maximum atomic E-state index is 12.5. The van der Waals surface area contributed by atoms with E-state index in [9.17, 15) is 9.59 Å². The van der Waals surface area contributed by atoms with Crippen LogP contribution in [0.3, 0.4) is 0 Å². The average Bonchev–Trinajstić information content (AvgIpc) is 3.03. The number of benzene rings is 1. The van der Waals surface area contributed by atoms with Crippen LogP contribution in [0, 0.1) is 5.92 Å². The third-order valence-electron chi connectivity index (χ3n) is 5.19. The zero-order chi connectivity index (χ0) is 19.9. The highest BCUT2D eigenvalue weighted by Crippen LogP contribution is 2.27. The molecule has 0 atom stereocenters. The van der Waals surface area contributed by atoms with E-state index in [1.165, 1.54) is 43.4 Å². The number of nitrogens with zero attached hydrogens (tertiary/aromatic N) is 2. The molecular formula is C21H28N2O4S. The molecule has 0 bridgehead atoms. The number of hydrogen-bond donors (Lipinski definition) is 0. The predicted octanol–water partition coefficient (Wildman–Crippen LogP) is 4.06. The first-order valence-electron chi connectivity index (χ1n) is 10.0.